The fraction of sp³-hybridized carbons (Fsp3) is 0.842. The summed E-state index contributed by atoms with van der Waals surface area (Å²) < 4.78 is 11.6. The number of hydrogen-bond donors (Lipinski definition) is 2. The van der Waals surface area contributed by atoms with Gasteiger partial charge in [-0.3, -0.25) is 14.4 Å². The SMILES string of the molecule is CC(=O)N1CCCCC(=O)O[C@@H]2C[C@@H](CCCC1)O[C@@](O)(C1CSC(=O)N1)C2. The van der Waals surface area contributed by atoms with Crippen LogP contribution in [0.2, 0.25) is 0 Å². The Balaban J connectivity index is 1.68. The number of nitrogens with one attached hydrogen (secondary N) is 1. The van der Waals surface area contributed by atoms with Crippen molar-refractivity contribution in [3.8, 4) is 0 Å². The van der Waals surface area contributed by atoms with Crippen LogP contribution in [0.1, 0.15) is 58.3 Å². The topological polar surface area (TPSA) is 105 Å². The summed E-state index contributed by atoms with van der Waals surface area (Å²) in [6.07, 6.45) is 4.16. The molecule has 2 bridgehead atoms. The van der Waals surface area contributed by atoms with Crippen molar-refractivity contribution in [2.45, 2.75) is 82.3 Å². The van der Waals surface area contributed by atoms with E-state index in [2.05, 4.69) is 5.32 Å². The fourth-order valence-corrected chi connectivity index (χ4v) is 5.01. The lowest BCUT2D eigenvalue weighted by Gasteiger charge is -2.43. The van der Waals surface area contributed by atoms with Crippen LogP contribution < -0.4 is 5.32 Å². The molecule has 2 amide bonds. The Morgan fingerprint density at radius 3 is 2.64 bits per heavy atom. The lowest BCUT2D eigenvalue weighted by molar-refractivity contribution is -0.284. The quantitative estimate of drug-likeness (QED) is 0.630. The minimum absolute atomic E-state index is 0.0486. The highest BCUT2D eigenvalue weighted by Crippen LogP contribution is 2.36. The van der Waals surface area contributed by atoms with Crippen LogP contribution in [-0.4, -0.2) is 70.0 Å². The molecule has 0 aromatic heterocycles. The molecule has 0 spiro atoms. The van der Waals surface area contributed by atoms with Gasteiger partial charge in [-0.05, 0) is 32.1 Å². The Labute approximate surface area is 169 Å². The van der Waals surface area contributed by atoms with Crippen molar-refractivity contribution in [3.05, 3.63) is 0 Å². The molecule has 8 nitrogen and oxygen atoms in total. The van der Waals surface area contributed by atoms with Crippen LogP contribution in [0.25, 0.3) is 0 Å². The number of aliphatic hydroxyl groups is 1. The molecule has 0 aromatic rings. The van der Waals surface area contributed by atoms with Crippen LogP contribution in [0.3, 0.4) is 0 Å². The van der Waals surface area contributed by atoms with Gasteiger partial charge >= 0.3 is 5.97 Å². The first-order valence-corrected chi connectivity index (χ1v) is 11.1. The smallest absolute Gasteiger partial charge is 0.306 e. The van der Waals surface area contributed by atoms with E-state index in [9.17, 15) is 19.5 Å². The average molecular weight is 415 g/mol. The van der Waals surface area contributed by atoms with Crippen LogP contribution in [0, 0.1) is 0 Å². The fourth-order valence-electron chi connectivity index (χ4n) is 4.12. The van der Waals surface area contributed by atoms with E-state index in [0.717, 1.165) is 31.0 Å². The van der Waals surface area contributed by atoms with Gasteiger partial charge in [0.25, 0.3) is 5.24 Å². The summed E-state index contributed by atoms with van der Waals surface area (Å²) in [4.78, 5) is 37.4. The predicted octanol–water partition coefficient (Wildman–Crippen LogP) is 1.79. The van der Waals surface area contributed by atoms with Gasteiger partial charge in [0.05, 0.1) is 12.1 Å². The first-order chi connectivity index (χ1) is 13.4. The van der Waals surface area contributed by atoms with E-state index in [-0.39, 0.29) is 29.6 Å². The van der Waals surface area contributed by atoms with Gasteiger partial charge in [0.2, 0.25) is 5.91 Å². The highest BCUT2D eigenvalue weighted by Gasteiger charge is 2.49. The molecule has 28 heavy (non-hydrogen) atoms. The zero-order valence-electron chi connectivity index (χ0n) is 16.4. The number of carbonyl (C=O) groups excluding carboxylic acids is 3. The highest BCUT2D eigenvalue weighted by atomic mass is 32.2. The number of hydrogen-bond acceptors (Lipinski definition) is 7. The first-order valence-electron chi connectivity index (χ1n) is 10.1. The average Bonchev–Trinajstić information content (AvgIpc) is 3.06. The number of amides is 2. The third kappa shape index (κ3) is 5.61. The second-order valence-electron chi connectivity index (χ2n) is 7.89. The minimum atomic E-state index is -1.53. The summed E-state index contributed by atoms with van der Waals surface area (Å²) in [5.41, 5.74) is 0. The maximum Gasteiger partial charge on any atom is 0.306 e. The summed E-state index contributed by atoms with van der Waals surface area (Å²) in [7, 11) is 0. The molecular weight excluding hydrogens is 384 g/mol. The van der Waals surface area contributed by atoms with E-state index in [4.69, 9.17) is 9.47 Å². The van der Waals surface area contributed by atoms with Gasteiger partial charge in [-0.25, -0.2) is 0 Å². The second kappa shape index (κ2) is 9.45. The predicted molar refractivity (Wildman–Crippen MR) is 104 cm³/mol. The van der Waals surface area contributed by atoms with Gasteiger partial charge in [-0.15, -0.1) is 0 Å². The Hall–Kier alpha value is -1.32. The van der Waals surface area contributed by atoms with E-state index < -0.39 is 17.9 Å². The van der Waals surface area contributed by atoms with Gasteiger partial charge in [-0.2, -0.15) is 0 Å². The molecule has 0 radical (unpaired) electrons. The normalized spacial score (nSPS) is 35.6. The van der Waals surface area contributed by atoms with Gasteiger partial charge in [0, 0.05) is 45.0 Å². The summed E-state index contributed by atoms with van der Waals surface area (Å²) in [5, 5.41) is 13.7. The zero-order chi connectivity index (χ0) is 20.1. The summed E-state index contributed by atoms with van der Waals surface area (Å²) >= 11 is 1.12. The monoisotopic (exact) mass is 414 g/mol. The summed E-state index contributed by atoms with van der Waals surface area (Å²) in [6, 6.07) is -0.513. The Morgan fingerprint density at radius 1 is 1.21 bits per heavy atom. The van der Waals surface area contributed by atoms with Gasteiger partial charge in [0.15, 0.2) is 5.79 Å². The Kier molecular flexibility index (Phi) is 7.22. The maximum absolute atomic E-state index is 12.3. The van der Waals surface area contributed by atoms with Crippen LogP contribution >= 0.6 is 11.8 Å². The van der Waals surface area contributed by atoms with Crippen molar-refractivity contribution in [3.63, 3.8) is 0 Å². The minimum Gasteiger partial charge on any atom is -0.462 e. The number of nitrogens with zero attached hydrogens (tertiary/aromatic N) is 1. The number of ether oxygens (including phenoxy) is 2. The Bertz CT molecular complexity index is 603. The molecule has 0 aliphatic carbocycles. The van der Waals surface area contributed by atoms with Crippen LogP contribution in [-0.2, 0) is 19.1 Å². The first kappa shape index (κ1) is 21.4. The zero-order valence-corrected chi connectivity index (χ0v) is 17.2. The molecular formula is C19H30N2O6S. The van der Waals surface area contributed by atoms with E-state index in [0.29, 0.717) is 44.5 Å². The molecule has 2 N–H and O–H groups in total. The van der Waals surface area contributed by atoms with Crippen molar-refractivity contribution in [1.29, 1.82) is 0 Å². The van der Waals surface area contributed by atoms with Crippen LogP contribution in [0.5, 0.6) is 0 Å². The van der Waals surface area contributed by atoms with Crippen molar-refractivity contribution < 1.29 is 29.0 Å². The van der Waals surface area contributed by atoms with Crippen molar-refractivity contribution in [2.75, 3.05) is 18.8 Å². The molecule has 0 saturated carbocycles. The van der Waals surface area contributed by atoms with Gasteiger partial charge in [-0.1, -0.05) is 11.8 Å². The van der Waals surface area contributed by atoms with E-state index in [1.54, 1.807) is 6.92 Å². The molecule has 3 fully saturated rings. The number of fused-ring (bicyclic) bond motifs is 2. The largest absolute Gasteiger partial charge is 0.462 e. The number of rotatable bonds is 1. The standard InChI is InChI=1S/C19H30N2O6S/c1-13(22)21-8-4-2-6-14-10-15(26-17(23)7-3-5-9-21)11-19(25,27-14)16-12-28-18(24)20-16/h14-16,25H,2-12H2,1H3,(H,20,24)/t14-,15-,16?,19-/m1/s1. The van der Waals surface area contributed by atoms with Crippen molar-refractivity contribution in [2.24, 2.45) is 0 Å². The molecule has 1 unspecified atom stereocenters. The van der Waals surface area contributed by atoms with Crippen molar-refractivity contribution in [1.82, 2.24) is 10.2 Å². The lowest BCUT2D eigenvalue weighted by atomic mass is 9.91. The van der Waals surface area contributed by atoms with Gasteiger partial charge in [0.1, 0.15) is 6.10 Å². The highest BCUT2D eigenvalue weighted by molar-refractivity contribution is 8.14. The maximum atomic E-state index is 12.3. The summed E-state index contributed by atoms with van der Waals surface area (Å²) in [6.45, 7) is 2.92. The third-order valence-electron chi connectivity index (χ3n) is 5.64. The molecule has 3 rings (SSSR count). The van der Waals surface area contributed by atoms with Crippen LogP contribution in [0.4, 0.5) is 4.79 Å². The van der Waals surface area contributed by atoms with E-state index in [1.807, 2.05) is 4.90 Å². The molecule has 9 heteroatoms. The van der Waals surface area contributed by atoms with Gasteiger partial charge < -0.3 is 24.8 Å². The molecule has 3 aliphatic rings. The molecule has 4 atom stereocenters. The number of thioether (sulfide) groups is 1. The number of esters is 1. The Morgan fingerprint density at radius 2 is 1.96 bits per heavy atom. The molecule has 0 aromatic carbocycles. The summed E-state index contributed by atoms with van der Waals surface area (Å²) in [5.74, 6) is -1.34. The molecule has 3 heterocycles. The van der Waals surface area contributed by atoms with E-state index in [1.165, 1.54) is 0 Å². The van der Waals surface area contributed by atoms with Crippen LogP contribution in [0.15, 0.2) is 0 Å². The number of carbonyl (C=O) groups is 3. The molecule has 3 aliphatic heterocycles. The third-order valence-corrected chi connectivity index (χ3v) is 6.52. The molecule has 3 saturated heterocycles. The lowest BCUT2D eigenvalue weighted by Crippen LogP contribution is -2.58. The van der Waals surface area contributed by atoms with E-state index >= 15 is 0 Å². The second-order valence-corrected chi connectivity index (χ2v) is 8.88. The molecule has 158 valence electrons. The van der Waals surface area contributed by atoms with Crippen molar-refractivity contribution >= 4 is 28.9 Å².